The van der Waals surface area contributed by atoms with Crippen molar-refractivity contribution >= 4 is 11.9 Å². The van der Waals surface area contributed by atoms with E-state index in [0.717, 1.165) is 25.7 Å². The molecule has 0 saturated heterocycles. The van der Waals surface area contributed by atoms with Crippen molar-refractivity contribution in [3.63, 3.8) is 0 Å². The van der Waals surface area contributed by atoms with Crippen LogP contribution in [-0.2, 0) is 26.7 Å². The van der Waals surface area contributed by atoms with E-state index >= 15 is 0 Å². The number of hydrogen-bond donors (Lipinski definition) is 0. The second-order valence-corrected chi connectivity index (χ2v) is 8.27. The first-order valence-corrected chi connectivity index (χ1v) is 9.27. The molecule has 0 aromatic heterocycles. The van der Waals surface area contributed by atoms with Gasteiger partial charge in [-0.15, -0.1) is 0 Å². The summed E-state index contributed by atoms with van der Waals surface area (Å²) in [7, 11) is 0. The fourth-order valence-corrected chi connectivity index (χ4v) is 2.06. The Bertz CT molecular complexity index is 346. The molecule has 0 radical (unpaired) electrons. The Morgan fingerprint density at radius 1 is 0.760 bits per heavy atom. The maximum atomic E-state index is 10.8. The monoisotopic (exact) mass is 398 g/mol. The molecule has 0 aliphatic carbocycles. The minimum absolute atomic E-state index is 0. The van der Waals surface area contributed by atoms with E-state index in [2.05, 4.69) is 27.7 Å². The van der Waals surface area contributed by atoms with Crippen LogP contribution in [0.15, 0.2) is 0 Å². The first kappa shape index (κ1) is 29.2. The van der Waals surface area contributed by atoms with Crippen LogP contribution in [0.4, 0.5) is 0 Å². The summed E-state index contributed by atoms with van der Waals surface area (Å²) in [5, 5.41) is 21.5. The largest absolute Gasteiger partial charge is 2.00 e. The van der Waals surface area contributed by atoms with E-state index in [1.807, 2.05) is 13.8 Å². The molecule has 0 heterocycles. The molecule has 0 aromatic rings. The minimum Gasteiger partial charge on any atom is -0.550 e. The Labute approximate surface area is 165 Å². The van der Waals surface area contributed by atoms with E-state index in [4.69, 9.17) is 0 Å². The molecule has 0 saturated carbocycles. The van der Waals surface area contributed by atoms with Crippen molar-refractivity contribution in [1.82, 2.24) is 0 Å². The zero-order valence-corrected chi connectivity index (χ0v) is 18.5. The van der Waals surface area contributed by atoms with Crippen LogP contribution in [-0.4, -0.2) is 11.9 Å². The summed E-state index contributed by atoms with van der Waals surface area (Å²) >= 11 is 0. The Balaban J connectivity index is -0.000000372. The number of hydrogen-bond acceptors (Lipinski definition) is 4. The maximum Gasteiger partial charge on any atom is 2.00 e. The maximum absolute atomic E-state index is 10.8. The average molecular weight is 398 g/mol. The molecule has 0 N–H and O–H groups in total. The molecule has 0 bridgehead atoms. The Kier molecular flexibility index (Phi) is 15.9. The van der Waals surface area contributed by atoms with Crippen LogP contribution in [0.25, 0.3) is 0 Å². The summed E-state index contributed by atoms with van der Waals surface area (Å²) in [5.74, 6) is -0.693. The fraction of sp³-hybridized carbons (Fsp3) is 0.900. The van der Waals surface area contributed by atoms with Gasteiger partial charge in [0.2, 0.25) is 0 Å². The summed E-state index contributed by atoms with van der Waals surface area (Å²) in [4.78, 5) is 21.5. The number of carboxylic acids is 2. The minimum atomic E-state index is -0.911. The van der Waals surface area contributed by atoms with E-state index in [1.165, 1.54) is 0 Å². The van der Waals surface area contributed by atoms with Crippen molar-refractivity contribution in [3.05, 3.63) is 0 Å². The van der Waals surface area contributed by atoms with Crippen LogP contribution < -0.4 is 10.2 Å². The molecule has 2 unspecified atom stereocenters. The van der Waals surface area contributed by atoms with Crippen molar-refractivity contribution in [2.45, 2.75) is 93.9 Å². The fourth-order valence-electron chi connectivity index (χ4n) is 2.06. The molecule has 0 aliphatic rings. The molecule has 25 heavy (non-hydrogen) atoms. The molecular formula is C20H38FeO4. The van der Waals surface area contributed by atoms with Gasteiger partial charge in [0.25, 0.3) is 0 Å². The quantitative estimate of drug-likeness (QED) is 0.530. The SMILES string of the molecule is CCC(C)(CCC(C)C)C(=O)[O-].CCC(C)(CCC(C)C)C(=O)[O-].[Fe+2]. The van der Waals surface area contributed by atoms with Crippen molar-refractivity contribution in [3.8, 4) is 0 Å². The van der Waals surface area contributed by atoms with Crippen molar-refractivity contribution in [1.29, 1.82) is 0 Å². The van der Waals surface area contributed by atoms with Gasteiger partial charge < -0.3 is 19.8 Å². The molecule has 0 amide bonds. The van der Waals surface area contributed by atoms with Gasteiger partial charge >= 0.3 is 17.1 Å². The number of carboxylic acid groups (broad SMARTS) is 2. The molecule has 0 aliphatic heterocycles. The number of aliphatic carboxylic acids is 2. The topological polar surface area (TPSA) is 80.3 Å². The van der Waals surface area contributed by atoms with Crippen LogP contribution in [0.1, 0.15) is 93.9 Å². The van der Waals surface area contributed by atoms with Gasteiger partial charge in [0.05, 0.1) is 0 Å². The van der Waals surface area contributed by atoms with E-state index in [9.17, 15) is 19.8 Å². The standard InChI is InChI=1S/2C10H20O2.Fe/c2*1-5-10(4,9(11)12)7-6-8(2)3;/h2*8H,5-7H2,1-4H3,(H,11,12);/q;;+2/p-2. The number of rotatable bonds is 10. The second kappa shape index (κ2) is 13.6. The third-order valence-corrected chi connectivity index (χ3v) is 5.09. The Morgan fingerprint density at radius 2 is 1.00 bits per heavy atom. The number of carbonyl (C=O) groups is 2. The van der Waals surface area contributed by atoms with Gasteiger partial charge in [0.15, 0.2) is 0 Å². The van der Waals surface area contributed by atoms with E-state index in [-0.39, 0.29) is 17.1 Å². The molecule has 2 atom stereocenters. The van der Waals surface area contributed by atoms with E-state index in [1.54, 1.807) is 13.8 Å². The van der Waals surface area contributed by atoms with Gasteiger partial charge in [-0.3, -0.25) is 0 Å². The van der Waals surface area contributed by atoms with Crippen LogP contribution in [0.5, 0.6) is 0 Å². The molecule has 5 heteroatoms. The van der Waals surface area contributed by atoms with Gasteiger partial charge in [-0.25, -0.2) is 0 Å². The van der Waals surface area contributed by atoms with Gasteiger partial charge in [-0.2, -0.15) is 0 Å². The zero-order chi connectivity index (χ0) is 19.6. The molecule has 0 fully saturated rings. The van der Waals surface area contributed by atoms with Crippen LogP contribution >= 0.6 is 0 Å². The molecule has 0 aromatic carbocycles. The van der Waals surface area contributed by atoms with Crippen LogP contribution in [0, 0.1) is 22.7 Å². The van der Waals surface area contributed by atoms with Crippen LogP contribution in [0.3, 0.4) is 0 Å². The Morgan fingerprint density at radius 3 is 1.12 bits per heavy atom. The van der Waals surface area contributed by atoms with Gasteiger partial charge in [0, 0.05) is 22.8 Å². The molecule has 150 valence electrons. The summed E-state index contributed by atoms with van der Waals surface area (Å²) in [6.07, 6.45) is 4.67. The van der Waals surface area contributed by atoms with Gasteiger partial charge in [0.1, 0.15) is 0 Å². The normalized spacial score (nSPS) is 15.4. The second-order valence-electron chi connectivity index (χ2n) is 8.27. The molecule has 0 spiro atoms. The van der Waals surface area contributed by atoms with Crippen molar-refractivity contribution in [2.75, 3.05) is 0 Å². The van der Waals surface area contributed by atoms with Gasteiger partial charge in [-0.05, 0) is 37.5 Å². The summed E-state index contributed by atoms with van der Waals surface area (Å²) in [5.41, 5.74) is -1.24. The molecule has 0 rings (SSSR count). The average Bonchev–Trinajstić information content (AvgIpc) is 2.50. The Hall–Kier alpha value is -0.541. The van der Waals surface area contributed by atoms with Crippen molar-refractivity contribution < 1.29 is 36.9 Å². The number of carbonyl (C=O) groups excluding carboxylic acids is 2. The third-order valence-electron chi connectivity index (χ3n) is 5.09. The predicted molar refractivity (Wildman–Crippen MR) is 95.0 cm³/mol. The smallest absolute Gasteiger partial charge is 0.550 e. The van der Waals surface area contributed by atoms with E-state index in [0.29, 0.717) is 24.7 Å². The first-order valence-electron chi connectivity index (χ1n) is 9.27. The third kappa shape index (κ3) is 12.4. The van der Waals surface area contributed by atoms with Crippen LogP contribution in [0.2, 0.25) is 0 Å². The van der Waals surface area contributed by atoms with E-state index < -0.39 is 22.8 Å². The summed E-state index contributed by atoms with van der Waals surface area (Å²) < 4.78 is 0. The van der Waals surface area contributed by atoms with Crippen molar-refractivity contribution in [2.24, 2.45) is 22.7 Å². The summed E-state index contributed by atoms with van der Waals surface area (Å²) in [6.45, 7) is 15.7. The molecular weight excluding hydrogens is 360 g/mol. The summed E-state index contributed by atoms with van der Waals surface area (Å²) in [6, 6.07) is 0. The molecule has 4 nitrogen and oxygen atoms in total. The van der Waals surface area contributed by atoms with Gasteiger partial charge in [-0.1, -0.05) is 68.2 Å². The first-order chi connectivity index (χ1) is 10.8. The predicted octanol–water partition coefficient (Wildman–Crippen LogP) is 3.18. The zero-order valence-electron chi connectivity index (χ0n) is 17.4.